The zero-order chi connectivity index (χ0) is 18.8. The summed E-state index contributed by atoms with van der Waals surface area (Å²) in [4.78, 5) is 12.2. The molecule has 0 heterocycles. The maximum atomic E-state index is 12.2. The highest BCUT2D eigenvalue weighted by Gasteiger charge is 2.10. The van der Waals surface area contributed by atoms with Gasteiger partial charge >= 0.3 is 0 Å². The standard InChI is InChI=1S/C21H27NO4/c1-4-25-19-12-9-17(15-20(19)24-3)21(23)22-13-5-6-14-26-18-10-7-16(2)8-11-18/h7-12,15H,4-6,13-14H2,1-3H3,(H,22,23). The van der Waals surface area contributed by atoms with E-state index in [9.17, 15) is 4.79 Å². The van der Waals surface area contributed by atoms with E-state index in [1.807, 2.05) is 38.1 Å². The Morgan fingerprint density at radius 2 is 1.77 bits per heavy atom. The molecule has 2 aromatic rings. The number of carbonyl (C=O) groups excluding carboxylic acids is 1. The molecular formula is C21H27NO4. The van der Waals surface area contributed by atoms with Gasteiger partial charge in [0.1, 0.15) is 5.75 Å². The molecule has 0 aliphatic heterocycles. The van der Waals surface area contributed by atoms with Crippen LogP contribution in [-0.4, -0.2) is 32.8 Å². The molecule has 2 aromatic carbocycles. The fourth-order valence-corrected chi connectivity index (χ4v) is 2.44. The van der Waals surface area contributed by atoms with Crippen LogP contribution in [0.25, 0.3) is 0 Å². The maximum Gasteiger partial charge on any atom is 0.251 e. The molecule has 0 saturated carbocycles. The van der Waals surface area contributed by atoms with Gasteiger partial charge in [-0.05, 0) is 57.0 Å². The molecule has 0 aromatic heterocycles. The largest absolute Gasteiger partial charge is 0.494 e. The molecule has 2 rings (SSSR count). The molecule has 0 unspecified atom stereocenters. The summed E-state index contributed by atoms with van der Waals surface area (Å²) in [6, 6.07) is 13.2. The summed E-state index contributed by atoms with van der Waals surface area (Å²) < 4.78 is 16.4. The number of amides is 1. The van der Waals surface area contributed by atoms with E-state index in [4.69, 9.17) is 14.2 Å². The number of carbonyl (C=O) groups is 1. The van der Waals surface area contributed by atoms with Crippen molar-refractivity contribution >= 4 is 5.91 Å². The molecule has 1 N–H and O–H groups in total. The van der Waals surface area contributed by atoms with Gasteiger partial charge in [0.25, 0.3) is 5.91 Å². The highest BCUT2D eigenvalue weighted by molar-refractivity contribution is 5.94. The van der Waals surface area contributed by atoms with Gasteiger partial charge in [0, 0.05) is 12.1 Å². The van der Waals surface area contributed by atoms with Crippen LogP contribution in [0.2, 0.25) is 0 Å². The average molecular weight is 357 g/mol. The van der Waals surface area contributed by atoms with Crippen molar-refractivity contribution in [2.45, 2.75) is 26.7 Å². The van der Waals surface area contributed by atoms with Gasteiger partial charge in [0.2, 0.25) is 0 Å². The molecule has 26 heavy (non-hydrogen) atoms. The van der Waals surface area contributed by atoms with Crippen LogP contribution in [0, 0.1) is 6.92 Å². The highest BCUT2D eigenvalue weighted by Crippen LogP contribution is 2.27. The second-order valence-corrected chi connectivity index (χ2v) is 5.92. The molecule has 1 amide bonds. The highest BCUT2D eigenvalue weighted by atomic mass is 16.5. The summed E-state index contributed by atoms with van der Waals surface area (Å²) >= 11 is 0. The van der Waals surface area contributed by atoms with E-state index in [0.29, 0.717) is 36.8 Å². The zero-order valence-electron chi connectivity index (χ0n) is 15.7. The fraction of sp³-hybridized carbons (Fsp3) is 0.381. The van der Waals surface area contributed by atoms with Crippen molar-refractivity contribution < 1.29 is 19.0 Å². The predicted octanol–water partition coefficient (Wildman–Crippen LogP) is 3.99. The fourth-order valence-electron chi connectivity index (χ4n) is 2.44. The number of ether oxygens (including phenoxy) is 3. The summed E-state index contributed by atoms with van der Waals surface area (Å²) in [5.41, 5.74) is 1.77. The van der Waals surface area contributed by atoms with Gasteiger partial charge in [-0.1, -0.05) is 17.7 Å². The van der Waals surface area contributed by atoms with Crippen molar-refractivity contribution in [2.75, 3.05) is 26.9 Å². The lowest BCUT2D eigenvalue weighted by Gasteiger charge is -2.11. The van der Waals surface area contributed by atoms with Crippen LogP contribution in [0.1, 0.15) is 35.7 Å². The monoisotopic (exact) mass is 357 g/mol. The molecule has 0 saturated heterocycles. The van der Waals surface area contributed by atoms with Crippen LogP contribution in [0.4, 0.5) is 0 Å². The van der Waals surface area contributed by atoms with Crippen LogP contribution in [0.3, 0.4) is 0 Å². The molecule has 0 bridgehead atoms. The summed E-state index contributed by atoms with van der Waals surface area (Å²) in [7, 11) is 1.56. The van der Waals surface area contributed by atoms with Gasteiger partial charge in [-0.25, -0.2) is 0 Å². The lowest BCUT2D eigenvalue weighted by molar-refractivity contribution is 0.0952. The first kappa shape index (κ1) is 19.6. The van der Waals surface area contributed by atoms with Gasteiger partial charge in [0.05, 0.1) is 20.3 Å². The Morgan fingerprint density at radius 3 is 2.46 bits per heavy atom. The lowest BCUT2D eigenvalue weighted by Crippen LogP contribution is -2.24. The van der Waals surface area contributed by atoms with Gasteiger partial charge in [-0.15, -0.1) is 0 Å². The summed E-state index contributed by atoms with van der Waals surface area (Å²) in [6.45, 7) is 5.74. The molecule has 0 aliphatic carbocycles. The second kappa shape index (κ2) is 10.3. The number of rotatable bonds is 10. The van der Waals surface area contributed by atoms with Gasteiger partial charge in [-0.3, -0.25) is 4.79 Å². The quantitative estimate of drug-likeness (QED) is 0.653. The van der Waals surface area contributed by atoms with Crippen LogP contribution in [-0.2, 0) is 0 Å². The second-order valence-electron chi connectivity index (χ2n) is 5.92. The van der Waals surface area contributed by atoms with Crippen molar-refractivity contribution in [2.24, 2.45) is 0 Å². The van der Waals surface area contributed by atoms with Crippen molar-refractivity contribution in [1.29, 1.82) is 0 Å². The molecule has 0 radical (unpaired) electrons. The summed E-state index contributed by atoms with van der Waals surface area (Å²) in [5, 5.41) is 2.92. The van der Waals surface area contributed by atoms with E-state index in [0.717, 1.165) is 18.6 Å². The lowest BCUT2D eigenvalue weighted by atomic mass is 10.2. The zero-order valence-corrected chi connectivity index (χ0v) is 15.7. The Balaban J connectivity index is 1.70. The van der Waals surface area contributed by atoms with Crippen LogP contribution in [0.15, 0.2) is 42.5 Å². The minimum absolute atomic E-state index is 0.120. The van der Waals surface area contributed by atoms with Gasteiger partial charge in [-0.2, -0.15) is 0 Å². The molecule has 140 valence electrons. The van der Waals surface area contributed by atoms with Gasteiger partial charge in [0.15, 0.2) is 11.5 Å². The number of hydrogen-bond donors (Lipinski definition) is 1. The van der Waals surface area contributed by atoms with Crippen molar-refractivity contribution in [1.82, 2.24) is 5.32 Å². The third-order valence-corrected chi connectivity index (χ3v) is 3.87. The number of nitrogens with one attached hydrogen (secondary N) is 1. The summed E-state index contributed by atoms with van der Waals surface area (Å²) in [5.74, 6) is 1.96. The SMILES string of the molecule is CCOc1ccc(C(=O)NCCCCOc2ccc(C)cc2)cc1OC. The van der Waals surface area contributed by atoms with E-state index in [2.05, 4.69) is 5.32 Å². The maximum absolute atomic E-state index is 12.2. The smallest absolute Gasteiger partial charge is 0.251 e. The van der Waals surface area contributed by atoms with E-state index >= 15 is 0 Å². The third kappa shape index (κ3) is 5.99. The molecule has 0 aliphatic rings. The molecule has 0 fully saturated rings. The average Bonchev–Trinajstić information content (AvgIpc) is 2.66. The Hall–Kier alpha value is -2.69. The normalized spacial score (nSPS) is 10.3. The minimum atomic E-state index is -0.120. The van der Waals surface area contributed by atoms with Gasteiger partial charge < -0.3 is 19.5 Å². The molecular weight excluding hydrogens is 330 g/mol. The first-order chi connectivity index (χ1) is 12.6. The minimum Gasteiger partial charge on any atom is -0.494 e. The van der Waals surface area contributed by atoms with Crippen molar-refractivity contribution in [3.05, 3.63) is 53.6 Å². The molecule has 0 spiro atoms. The van der Waals surface area contributed by atoms with E-state index in [1.165, 1.54) is 5.56 Å². The number of methoxy groups -OCH3 is 1. The molecule has 5 nitrogen and oxygen atoms in total. The first-order valence-electron chi connectivity index (χ1n) is 8.92. The topological polar surface area (TPSA) is 56.8 Å². The Morgan fingerprint density at radius 1 is 1.00 bits per heavy atom. The number of unbranched alkanes of at least 4 members (excludes halogenated alkanes) is 1. The van der Waals surface area contributed by atoms with Crippen molar-refractivity contribution in [3.8, 4) is 17.2 Å². The summed E-state index contributed by atoms with van der Waals surface area (Å²) in [6.07, 6.45) is 1.73. The Bertz CT molecular complexity index is 698. The molecule has 5 heteroatoms. The first-order valence-corrected chi connectivity index (χ1v) is 8.92. The number of hydrogen-bond acceptors (Lipinski definition) is 4. The van der Waals surface area contributed by atoms with Crippen LogP contribution >= 0.6 is 0 Å². The van der Waals surface area contributed by atoms with Crippen molar-refractivity contribution in [3.63, 3.8) is 0 Å². The predicted molar refractivity (Wildman–Crippen MR) is 102 cm³/mol. The number of benzene rings is 2. The van der Waals surface area contributed by atoms with E-state index in [-0.39, 0.29) is 5.91 Å². The van der Waals surface area contributed by atoms with E-state index in [1.54, 1.807) is 25.3 Å². The Kier molecular flexibility index (Phi) is 7.80. The van der Waals surface area contributed by atoms with E-state index < -0.39 is 0 Å². The Labute approximate surface area is 155 Å². The van der Waals surface area contributed by atoms with Crippen LogP contribution in [0.5, 0.6) is 17.2 Å². The number of aryl methyl sites for hydroxylation is 1. The third-order valence-electron chi connectivity index (χ3n) is 3.87. The molecule has 0 atom stereocenters. The van der Waals surface area contributed by atoms with Crippen LogP contribution < -0.4 is 19.5 Å².